The van der Waals surface area contributed by atoms with Crippen molar-refractivity contribution in [3.05, 3.63) is 51.8 Å². The minimum atomic E-state index is -0.358. The number of benzene rings is 1. The Hall–Kier alpha value is -3.74. The zero-order valence-electron chi connectivity index (χ0n) is 17.6. The lowest BCUT2D eigenvalue weighted by Crippen LogP contribution is -2.53. The van der Waals surface area contributed by atoms with Crippen molar-refractivity contribution in [3.63, 3.8) is 0 Å². The summed E-state index contributed by atoms with van der Waals surface area (Å²) in [5.74, 6) is 0.958. The maximum absolute atomic E-state index is 13.1. The zero-order chi connectivity index (χ0) is 22.5. The average molecular weight is 436 g/mol. The van der Waals surface area contributed by atoms with E-state index < -0.39 is 0 Å². The molecule has 4 N–H and O–H groups in total. The minimum absolute atomic E-state index is 0.0479. The third-order valence-electron chi connectivity index (χ3n) is 5.86. The predicted octanol–water partition coefficient (Wildman–Crippen LogP) is 2.81. The van der Waals surface area contributed by atoms with Crippen molar-refractivity contribution in [1.29, 1.82) is 10.7 Å². The number of nitrogens with one attached hydrogen (secondary N) is 4. The predicted molar refractivity (Wildman–Crippen MR) is 120 cm³/mol. The molecule has 2 aliphatic rings. The SMILES string of the molecule is N#CNC(=Nc1ccc(F)cc1)N1CC(c2nc(NC3CCCCC3)c(C=N)c(=O)[nH]2)C1. The fourth-order valence-electron chi connectivity index (χ4n) is 4.07. The summed E-state index contributed by atoms with van der Waals surface area (Å²) in [6.07, 6.45) is 8.49. The third-order valence-corrected chi connectivity index (χ3v) is 5.86. The quantitative estimate of drug-likeness (QED) is 0.247. The van der Waals surface area contributed by atoms with Gasteiger partial charge < -0.3 is 20.6 Å². The number of aromatic amines is 1. The van der Waals surface area contributed by atoms with Gasteiger partial charge in [-0.1, -0.05) is 19.3 Å². The second-order valence-electron chi connectivity index (χ2n) is 8.09. The van der Waals surface area contributed by atoms with Crippen molar-refractivity contribution in [2.75, 3.05) is 18.4 Å². The molecule has 0 atom stereocenters. The number of anilines is 1. The van der Waals surface area contributed by atoms with Crippen LogP contribution in [0.15, 0.2) is 34.1 Å². The second-order valence-corrected chi connectivity index (χ2v) is 8.09. The Morgan fingerprint density at radius 2 is 2.00 bits per heavy atom. The van der Waals surface area contributed by atoms with E-state index in [4.69, 9.17) is 10.7 Å². The largest absolute Gasteiger partial charge is 0.367 e. The van der Waals surface area contributed by atoms with Crippen LogP contribution in [0.1, 0.15) is 49.4 Å². The normalized spacial score (nSPS) is 17.4. The van der Waals surface area contributed by atoms with Crippen molar-refractivity contribution >= 4 is 23.7 Å². The molecule has 32 heavy (non-hydrogen) atoms. The molecule has 9 nitrogen and oxygen atoms in total. The van der Waals surface area contributed by atoms with E-state index in [2.05, 4.69) is 25.6 Å². The molecule has 1 aliphatic heterocycles. The molecule has 0 bridgehead atoms. The number of rotatable bonds is 5. The van der Waals surface area contributed by atoms with Crippen LogP contribution in [-0.4, -0.2) is 46.2 Å². The lowest BCUT2D eigenvalue weighted by atomic mass is 9.95. The van der Waals surface area contributed by atoms with Gasteiger partial charge in [0.05, 0.1) is 17.2 Å². The van der Waals surface area contributed by atoms with E-state index in [9.17, 15) is 9.18 Å². The van der Waals surface area contributed by atoms with Crippen LogP contribution in [-0.2, 0) is 0 Å². The molecule has 166 valence electrons. The van der Waals surface area contributed by atoms with Crippen molar-refractivity contribution in [2.45, 2.75) is 44.1 Å². The first kappa shape index (κ1) is 21.5. The Bertz CT molecular complexity index is 1090. The van der Waals surface area contributed by atoms with Gasteiger partial charge in [0.15, 0.2) is 6.19 Å². The highest BCUT2D eigenvalue weighted by molar-refractivity contribution is 5.85. The van der Waals surface area contributed by atoms with Crippen molar-refractivity contribution in [2.24, 2.45) is 4.99 Å². The first-order valence-electron chi connectivity index (χ1n) is 10.7. The summed E-state index contributed by atoms with van der Waals surface area (Å²) in [5, 5.41) is 22.6. The van der Waals surface area contributed by atoms with Gasteiger partial charge in [-0.2, -0.15) is 5.26 Å². The number of hydrogen-bond acceptors (Lipinski definition) is 6. The van der Waals surface area contributed by atoms with Crippen LogP contribution in [0.5, 0.6) is 0 Å². The molecule has 4 rings (SSSR count). The van der Waals surface area contributed by atoms with Gasteiger partial charge in [-0.3, -0.25) is 10.1 Å². The summed E-state index contributed by atoms with van der Waals surface area (Å²) in [4.78, 5) is 26.2. The smallest absolute Gasteiger partial charge is 0.261 e. The maximum Gasteiger partial charge on any atom is 0.261 e. The number of nitrogens with zero attached hydrogens (tertiary/aromatic N) is 4. The summed E-state index contributed by atoms with van der Waals surface area (Å²) in [5.41, 5.74) is 0.422. The molecule has 0 radical (unpaired) electrons. The van der Waals surface area contributed by atoms with E-state index >= 15 is 0 Å². The van der Waals surface area contributed by atoms with Crippen molar-refractivity contribution < 1.29 is 4.39 Å². The van der Waals surface area contributed by atoms with E-state index in [-0.39, 0.29) is 28.9 Å². The Labute approximate surface area is 184 Å². The molecule has 1 aromatic carbocycles. The van der Waals surface area contributed by atoms with E-state index in [0.717, 1.165) is 31.9 Å². The van der Waals surface area contributed by atoms with Gasteiger partial charge in [0.2, 0.25) is 5.96 Å². The average Bonchev–Trinajstić information content (AvgIpc) is 2.75. The molecule has 0 spiro atoms. The van der Waals surface area contributed by atoms with Crippen LogP contribution < -0.4 is 16.2 Å². The molecule has 1 aliphatic carbocycles. The monoisotopic (exact) mass is 436 g/mol. The van der Waals surface area contributed by atoms with Crippen LogP contribution in [0.3, 0.4) is 0 Å². The molecule has 2 aromatic rings. The number of aliphatic imine (C=N–C) groups is 1. The van der Waals surface area contributed by atoms with Gasteiger partial charge in [0.1, 0.15) is 17.5 Å². The summed E-state index contributed by atoms with van der Waals surface area (Å²) < 4.78 is 13.1. The fraction of sp³-hybridized carbons (Fsp3) is 0.409. The topological polar surface area (TPSA) is 133 Å². The molecule has 1 saturated heterocycles. The standard InChI is InChI=1S/C22H25FN8O/c23-15-6-8-17(9-7-15)28-22(26-13-25)31-11-14(12-31)19-29-20(18(10-24)21(32)30-19)27-16-4-2-1-3-5-16/h6-10,14,16,24H,1-5,11-12H2,(H,26,28)(H2,27,29,30,32). The summed E-state index contributed by atoms with van der Waals surface area (Å²) >= 11 is 0. The number of H-pyrrole nitrogens is 1. The molecular formula is C22H25FN8O. The zero-order valence-corrected chi connectivity index (χ0v) is 17.6. The van der Waals surface area contributed by atoms with Crippen LogP contribution in [0.25, 0.3) is 0 Å². The highest BCUT2D eigenvalue weighted by Crippen LogP contribution is 2.27. The number of hydrogen-bond donors (Lipinski definition) is 4. The summed E-state index contributed by atoms with van der Waals surface area (Å²) in [7, 11) is 0. The number of nitriles is 1. The number of likely N-dealkylation sites (tertiary alicyclic amines) is 1. The lowest BCUT2D eigenvalue weighted by Gasteiger charge is -2.40. The highest BCUT2D eigenvalue weighted by Gasteiger charge is 2.33. The van der Waals surface area contributed by atoms with Crippen LogP contribution in [0, 0.1) is 22.7 Å². The lowest BCUT2D eigenvalue weighted by molar-refractivity contribution is 0.238. The third kappa shape index (κ3) is 4.77. The maximum atomic E-state index is 13.1. The Kier molecular flexibility index (Phi) is 6.44. The Morgan fingerprint density at radius 1 is 1.28 bits per heavy atom. The number of guanidine groups is 1. The molecular weight excluding hydrogens is 411 g/mol. The molecule has 0 unspecified atom stereocenters. The first-order chi connectivity index (χ1) is 15.6. The molecule has 1 aromatic heterocycles. The number of aromatic nitrogens is 2. The van der Waals surface area contributed by atoms with Crippen molar-refractivity contribution in [1.82, 2.24) is 20.2 Å². The van der Waals surface area contributed by atoms with Gasteiger partial charge in [-0.25, -0.2) is 14.4 Å². The molecule has 1 saturated carbocycles. The highest BCUT2D eigenvalue weighted by atomic mass is 19.1. The molecule has 2 fully saturated rings. The van der Waals surface area contributed by atoms with E-state index in [1.165, 1.54) is 30.7 Å². The fourth-order valence-corrected chi connectivity index (χ4v) is 4.07. The Morgan fingerprint density at radius 3 is 2.66 bits per heavy atom. The van der Waals surface area contributed by atoms with Crippen LogP contribution in [0.2, 0.25) is 0 Å². The number of halogens is 1. The van der Waals surface area contributed by atoms with Gasteiger partial charge >= 0.3 is 0 Å². The van der Waals surface area contributed by atoms with Crippen molar-refractivity contribution in [3.8, 4) is 6.19 Å². The van der Waals surface area contributed by atoms with E-state index in [1.54, 1.807) is 0 Å². The summed E-state index contributed by atoms with van der Waals surface area (Å²) in [6.45, 7) is 1.01. The van der Waals surface area contributed by atoms with Crippen LogP contribution in [0.4, 0.5) is 15.9 Å². The van der Waals surface area contributed by atoms with Crippen LogP contribution >= 0.6 is 0 Å². The minimum Gasteiger partial charge on any atom is -0.367 e. The molecule has 0 amide bonds. The van der Waals surface area contributed by atoms with E-state index in [0.29, 0.717) is 36.4 Å². The van der Waals surface area contributed by atoms with Gasteiger partial charge in [0.25, 0.3) is 5.56 Å². The summed E-state index contributed by atoms with van der Waals surface area (Å²) in [6, 6.07) is 5.94. The molecule has 2 heterocycles. The van der Waals surface area contributed by atoms with Gasteiger partial charge in [0, 0.05) is 25.3 Å². The second kappa shape index (κ2) is 9.60. The Balaban J connectivity index is 1.50. The van der Waals surface area contributed by atoms with E-state index in [1.807, 2.05) is 11.1 Å². The first-order valence-corrected chi connectivity index (χ1v) is 10.7. The molecule has 10 heteroatoms. The van der Waals surface area contributed by atoms with Gasteiger partial charge in [-0.15, -0.1) is 0 Å². The van der Waals surface area contributed by atoms with Gasteiger partial charge in [-0.05, 0) is 37.1 Å².